The SMILES string of the molecule is O=c1[nH]c(=S)cc2n1CCc1ccccc1-2. The minimum atomic E-state index is -0.114. The quantitative estimate of drug-likeness (QED) is 0.704. The normalized spacial score (nSPS) is 13.0. The number of fused-ring (bicyclic) bond motifs is 3. The number of nitrogens with zero attached hydrogens (tertiary/aromatic N) is 1. The van der Waals surface area contributed by atoms with Gasteiger partial charge in [-0.3, -0.25) is 9.55 Å². The minimum Gasteiger partial charge on any atom is -0.298 e. The van der Waals surface area contributed by atoms with Gasteiger partial charge in [-0.25, -0.2) is 4.79 Å². The molecule has 80 valence electrons. The molecule has 1 aliphatic rings. The van der Waals surface area contributed by atoms with Gasteiger partial charge in [-0.1, -0.05) is 36.5 Å². The smallest absolute Gasteiger partial charge is 0.298 e. The summed E-state index contributed by atoms with van der Waals surface area (Å²) >= 11 is 5.05. The Labute approximate surface area is 97.4 Å². The van der Waals surface area contributed by atoms with Crippen LogP contribution in [0.1, 0.15) is 5.56 Å². The zero-order valence-corrected chi connectivity index (χ0v) is 9.38. The first kappa shape index (κ1) is 9.54. The van der Waals surface area contributed by atoms with Crippen LogP contribution in [0.15, 0.2) is 35.1 Å². The molecule has 0 spiro atoms. The summed E-state index contributed by atoms with van der Waals surface area (Å²) in [7, 11) is 0. The van der Waals surface area contributed by atoms with Gasteiger partial charge in [-0.05, 0) is 18.1 Å². The van der Waals surface area contributed by atoms with Crippen LogP contribution in [0.2, 0.25) is 0 Å². The van der Waals surface area contributed by atoms with Crippen molar-refractivity contribution in [2.45, 2.75) is 13.0 Å². The molecule has 0 atom stereocenters. The Morgan fingerprint density at radius 3 is 3.00 bits per heavy atom. The highest BCUT2D eigenvalue weighted by molar-refractivity contribution is 7.71. The molecule has 0 unspecified atom stereocenters. The van der Waals surface area contributed by atoms with Gasteiger partial charge >= 0.3 is 5.69 Å². The van der Waals surface area contributed by atoms with Crippen LogP contribution in [0.25, 0.3) is 11.3 Å². The van der Waals surface area contributed by atoms with E-state index in [4.69, 9.17) is 12.2 Å². The van der Waals surface area contributed by atoms with Crippen LogP contribution in [0, 0.1) is 4.64 Å². The largest absolute Gasteiger partial charge is 0.326 e. The number of hydrogen-bond donors (Lipinski definition) is 1. The molecule has 0 fully saturated rings. The zero-order chi connectivity index (χ0) is 11.1. The Morgan fingerprint density at radius 1 is 1.31 bits per heavy atom. The monoisotopic (exact) mass is 230 g/mol. The number of nitrogens with one attached hydrogen (secondary N) is 1. The molecule has 2 heterocycles. The predicted octanol–water partition coefficient (Wildman–Crippen LogP) is 2.13. The first-order valence-corrected chi connectivity index (χ1v) is 5.59. The lowest BCUT2D eigenvalue weighted by atomic mass is 9.98. The molecule has 1 N–H and O–H groups in total. The summed E-state index contributed by atoms with van der Waals surface area (Å²) < 4.78 is 2.24. The standard InChI is InChI=1S/C12H10N2OS/c15-12-13-11(16)7-10-9-4-2-1-3-8(9)5-6-14(10)12/h1-4,7H,5-6H2,(H,13,15,16). The Hall–Kier alpha value is -1.68. The van der Waals surface area contributed by atoms with Crippen LogP contribution < -0.4 is 5.69 Å². The summed E-state index contributed by atoms with van der Waals surface area (Å²) in [5.74, 6) is 0. The number of aromatic amines is 1. The highest BCUT2D eigenvalue weighted by Gasteiger charge is 2.15. The number of hydrogen-bond acceptors (Lipinski definition) is 2. The topological polar surface area (TPSA) is 37.8 Å². The first-order valence-electron chi connectivity index (χ1n) is 5.18. The van der Waals surface area contributed by atoms with Crippen LogP contribution in [0.5, 0.6) is 0 Å². The van der Waals surface area contributed by atoms with Gasteiger partial charge in [0.05, 0.1) is 5.69 Å². The second kappa shape index (κ2) is 3.42. The predicted molar refractivity (Wildman–Crippen MR) is 65.0 cm³/mol. The summed E-state index contributed by atoms with van der Waals surface area (Å²) in [5, 5.41) is 0. The Kier molecular flexibility index (Phi) is 2.04. The molecule has 0 saturated carbocycles. The molecule has 1 aliphatic heterocycles. The molecule has 1 aromatic heterocycles. The highest BCUT2D eigenvalue weighted by Crippen LogP contribution is 2.27. The van der Waals surface area contributed by atoms with E-state index in [1.165, 1.54) is 5.56 Å². The molecule has 0 amide bonds. The molecule has 0 radical (unpaired) electrons. The maximum absolute atomic E-state index is 11.7. The van der Waals surface area contributed by atoms with E-state index in [0.717, 1.165) is 24.2 Å². The first-order chi connectivity index (χ1) is 7.75. The lowest BCUT2D eigenvalue weighted by Gasteiger charge is -2.20. The lowest BCUT2D eigenvalue weighted by molar-refractivity contribution is 0.638. The number of benzene rings is 1. The fraction of sp³-hybridized carbons (Fsp3) is 0.167. The van der Waals surface area contributed by atoms with Crippen LogP contribution in [-0.2, 0) is 13.0 Å². The number of H-pyrrole nitrogens is 1. The third kappa shape index (κ3) is 1.34. The van der Waals surface area contributed by atoms with Crippen molar-refractivity contribution >= 4 is 12.2 Å². The lowest BCUT2D eigenvalue weighted by Crippen LogP contribution is -2.28. The molecule has 3 rings (SSSR count). The summed E-state index contributed by atoms with van der Waals surface area (Å²) in [6.07, 6.45) is 0.897. The average Bonchev–Trinajstić information content (AvgIpc) is 2.28. The van der Waals surface area contributed by atoms with E-state index in [1.54, 1.807) is 4.57 Å². The zero-order valence-electron chi connectivity index (χ0n) is 8.56. The van der Waals surface area contributed by atoms with Gasteiger partial charge in [0.15, 0.2) is 0 Å². The van der Waals surface area contributed by atoms with Gasteiger partial charge in [0.2, 0.25) is 0 Å². The molecular formula is C12H10N2OS. The van der Waals surface area contributed by atoms with Gasteiger partial charge in [0, 0.05) is 12.1 Å². The fourth-order valence-electron chi connectivity index (χ4n) is 2.19. The molecule has 0 saturated heterocycles. The van der Waals surface area contributed by atoms with E-state index in [9.17, 15) is 4.79 Å². The van der Waals surface area contributed by atoms with E-state index in [0.29, 0.717) is 4.64 Å². The maximum atomic E-state index is 11.7. The molecule has 16 heavy (non-hydrogen) atoms. The van der Waals surface area contributed by atoms with E-state index < -0.39 is 0 Å². The van der Waals surface area contributed by atoms with E-state index in [2.05, 4.69) is 11.1 Å². The van der Waals surface area contributed by atoms with Crippen LogP contribution >= 0.6 is 12.2 Å². The maximum Gasteiger partial charge on any atom is 0.326 e. The van der Waals surface area contributed by atoms with Crippen molar-refractivity contribution in [1.29, 1.82) is 0 Å². The second-order valence-corrected chi connectivity index (χ2v) is 4.32. The van der Waals surface area contributed by atoms with Crippen LogP contribution in [0.3, 0.4) is 0 Å². The van der Waals surface area contributed by atoms with E-state index in [1.807, 2.05) is 24.3 Å². The van der Waals surface area contributed by atoms with Gasteiger partial charge in [-0.2, -0.15) is 0 Å². The molecular weight excluding hydrogens is 220 g/mol. The molecule has 2 aromatic rings. The highest BCUT2D eigenvalue weighted by atomic mass is 32.1. The fourth-order valence-corrected chi connectivity index (χ4v) is 2.38. The van der Waals surface area contributed by atoms with Crippen LogP contribution in [0.4, 0.5) is 0 Å². The van der Waals surface area contributed by atoms with Crippen molar-refractivity contribution in [2.24, 2.45) is 0 Å². The van der Waals surface area contributed by atoms with Crippen molar-refractivity contribution in [3.05, 3.63) is 51.0 Å². The minimum absolute atomic E-state index is 0.114. The van der Waals surface area contributed by atoms with Gasteiger partial charge in [0.25, 0.3) is 0 Å². The molecule has 0 bridgehead atoms. The van der Waals surface area contributed by atoms with Crippen LogP contribution in [-0.4, -0.2) is 9.55 Å². The molecule has 3 nitrogen and oxygen atoms in total. The van der Waals surface area contributed by atoms with Crippen molar-refractivity contribution in [1.82, 2.24) is 9.55 Å². The average molecular weight is 230 g/mol. The van der Waals surface area contributed by atoms with E-state index in [-0.39, 0.29) is 5.69 Å². The third-order valence-corrected chi connectivity index (χ3v) is 3.15. The van der Waals surface area contributed by atoms with Gasteiger partial charge in [-0.15, -0.1) is 0 Å². The van der Waals surface area contributed by atoms with Crippen molar-refractivity contribution < 1.29 is 0 Å². The molecule has 1 aromatic carbocycles. The Balaban J connectivity index is 2.40. The summed E-state index contributed by atoms with van der Waals surface area (Å²) in [6, 6.07) is 10.0. The molecule has 4 heteroatoms. The summed E-state index contributed by atoms with van der Waals surface area (Å²) in [6.45, 7) is 0.720. The van der Waals surface area contributed by atoms with Gasteiger partial charge in [0.1, 0.15) is 4.64 Å². The third-order valence-electron chi connectivity index (χ3n) is 2.93. The Bertz CT molecular complexity index is 669. The van der Waals surface area contributed by atoms with Crippen molar-refractivity contribution in [3.8, 4) is 11.3 Å². The summed E-state index contributed by atoms with van der Waals surface area (Å²) in [4.78, 5) is 14.4. The van der Waals surface area contributed by atoms with Gasteiger partial charge < -0.3 is 0 Å². The molecule has 0 aliphatic carbocycles. The van der Waals surface area contributed by atoms with Crippen molar-refractivity contribution in [2.75, 3.05) is 0 Å². The number of rotatable bonds is 0. The van der Waals surface area contributed by atoms with Crippen molar-refractivity contribution in [3.63, 3.8) is 0 Å². The Morgan fingerprint density at radius 2 is 2.12 bits per heavy atom. The number of aryl methyl sites for hydroxylation is 1. The summed E-state index contributed by atoms with van der Waals surface area (Å²) in [5.41, 5.74) is 3.21. The second-order valence-electron chi connectivity index (χ2n) is 3.88. The number of aromatic nitrogens is 2. The van der Waals surface area contributed by atoms with E-state index >= 15 is 0 Å².